The lowest BCUT2D eigenvalue weighted by Crippen LogP contribution is -2.28. The second kappa shape index (κ2) is 6.48. The molecule has 2 aromatic rings. The zero-order valence-electron chi connectivity index (χ0n) is 12.8. The van der Waals surface area contributed by atoms with Crippen LogP contribution in [-0.2, 0) is 9.59 Å². The van der Waals surface area contributed by atoms with E-state index in [4.69, 9.17) is 0 Å². The van der Waals surface area contributed by atoms with Crippen molar-refractivity contribution in [3.8, 4) is 0 Å². The first-order valence-electron chi connectivity index (χ1n) is 7.28. The summed E-state index contributed by atoms with van der Waals surface area (Å²) in [4.78, 5) is 40.9. The number of para-hydroxylation sites is 1. The van der Waals surface area contributed by atoms with E-state index in [1.165, 1.54) is 24.0 Å². The Morgan fingerprint density at radius 3 is 2.79 bits per heavy atom. The molecule has 1 fully saturated rings. The lowest BCUT2D eigenvalue weighted by molar-refractivity contribution is -0.122. The van der Waals surface area contributed by atoms with Crippen molar-refractivity contribution in [2.45, 2.75) is 13.3 Å². The summed E-state index contributed by atoms with van der Waals surface area (Å²) in [6, 6.07) is 5.96. The second-order valence-electron chi connectivity index (χ2n) is 5.44. The fourth-order valence-corrected chi connectivity index (χ4v) is 3.24. The Hall–Kier alpha value is -2.61. The van der Waals surface area contributed by atoms with Gasteiger partial charge in [-0.2, -0.15) is 0 Å². The van der Waals surface area contributed by atoms with Gasteiger partial charge in [-0.25, -0.2) is 9.37 Å². The Morgan fingerprint density at radius 1 is 1.38 bits per heavy atom. The molecule has 24 heavy (non-hydrogen) atoms. The predicted octanol–water partition coefficient (Wildman–Crippen LogP) is 2.48. The molecule has 8 heteroatoms. The van der Waals surface area contributed by atoms with E-state index in [0.29, 0.717) is 5.13 Å². The number of benzene rings is 1. The van der Waals surface area contributed by atoms with E-state index in [1.807, 2.05) is 0 Å². The highest BCUT2D eigenvalue weighted by molar-refractivity contribution is 7.14. The smallest absolute Gasteiger partial charge is 0.231 e. The van der Waals surface area contributed by atoms with E-state index in [-0.39, 0.29) is 41.9 Å². The van der Waals surface area contributed by atoms with Crippen LogP contribution < -0.4 is 10.2 Å². The lowest BCUT2D eigenvalue weighted by atomic mass is 10.1. The third kappa shape index (κ3) is 3.18. The summed E-state index contributed by atoms with van der Waals surface area (Å²) in [7, 11) is 0. The summed E-state index contributed by atoms with van der Waals surface area (Å²) in [5, 5.41) is 4.48. The second-order valence-corrected chi connectivity index (χ2v) is 6.30. The van der Waals surface area contributed by atoms with Crippen molar-refractivity contribution in [2.75, 3.05) is 16.8 Å². The van der Waals surface area contributed by atoms with Gasteiger partial charge in [0.15, 0.2) is 10.9 Å². The van der Waals surface area contributed by atoms with Crippen molar-refractivity contribution >= 4 is 39.8 Å². The molecule has 0 saturated carbocycles. The van der Waals surface area contributed by atoms with Gasteiger partial charge in [0.2, 0.25) is 11.8 Å². The van der Waals surface area contributed by atoms with Crippen molar-refractivity contribution in [1.82, 2.24) is 4.98 Å². The van der Waals surface area contributed by atoms with Crippen molar-refractivity contribution < 1.29 is 18.8 Å². The molecule has 1 aromatic heterocycles. The lowest BCUT2D eigenvalue weighted by Gasteiger charge is -2.17. The number of hydrogen-bond donors (Lipinski definition) is 1. The number of nitrogens with zero attached hydrogens (tertiary/aromatic N) is 2. The molecule has 2 amide bonds. The van der Waals surface area contributed by atoms with Gasteiger partial charge in [-0.1, -0.05) is 12.1 Å². The summed E-state index contributed by atoms with van der Waals surface area (Å²) in [5.41, 5.74) is 0.455. The number of ketones is 1. The molecular weight excluding hydrogens is 333 g/mol. The van der Waals surface area contributed by atoms with Gasteiger partial charge < -0.3 is 10.2 Å². The molecule has 2 heterocycles. The quantitative estimate of drug-likeness (QED) is 0.862. The van der Waals surface area contributed by atoms with Crippen LogP contribution in [0.5, 0.6) is 0 Å². The van der Waals surface area contributed by atoms with Crippen LogP contribution in [0.1, 0.15) is 23.8 Å². The minimum absolute atomic E-state index is 0.00507. The fraction of sp³-hybridized carbons (Fsp3) is 0.250. The van der Waals surface area contributed by atoms with E-state index in [0.717, 1.165) is 11.3 Å². The number of anilines is 2. The molecule has 0 spiro atoms. The zero-order chi connectivity index (χ0) is 17.3. The fourth-order valence-electron chi connectivity index (χ4n) is 2.49. The van der Waals surface area contributed by atoms with Gasteiger partial charge in [-0.15, -0.1) is 11.3 Å². The highest BCUT2D eigenvalue weighted by atomic mass is 32.1. The van der Waals surface area contributed by atoms with Gasteiger partial charge in [0.05, 0.1) is 11.6 Å². The highest BCUT2D eigenvalue weighted by Gasteiger charge is 2.36. The Balaban J connectivity index is 1.70. The molecule has 3 rings (SSSR count). The number of hydrogen-bond acceptors (Lipinski definition) is 5. The average molecular weight is 347 g/mol. The van der Waals surface area contributed by atoms with Gasteiger partial charge in [-0.05, 0) is 12.1 Å². The van der Waals surface area contributed by atoms with Gasteiger partial charge in [0.25, 0.3) is 0 Å². The maximum atomic E-state index is 13.8. The molecule has 0 bridgehead atoms. The molecule has 1 aliphatic rings. The van der Waals surface area contributed by atoms with Crippen LogP contribution in [0.25, 0.3) is 0 Å². The van der Waals surface area contributed by atoms with Crippen LogP contribution in [0.2, 0.25) is 0 Å². The first kappa shape index (κ1) is 16.3. The average Bonchev–Trinajstić information content (AvgIpc) is 3.15. The minimum atomic E-state index is -0.596. The Morgan fingerprint density at radius 2 is 2.12 bits per heavy atom. The van der Waals surface area contributed by atoms with E-state index >= 15 is 0 Å². The number of thiazole rings is 1. The number of aromatic nitrogens is 1. The van der Waals surface area contributed by atoms with E-state index < -0.39 is 11.7 Å². The number of halogens is 1. The van der Waals surface area contributed by atoms with Crippen LogP contribution in [-0.4, -0.2) is 29.1 Å². The van der Waals surface area contributed by atoms with Crippen LogP contribution in [0, 0.1) is 11.7 Å². The largest absolute Gasteiger partial charge is 0.309 e. The third-order valence-electron chi connectivity index (χ3n) is 3.73. The first-order valence-corrected chi connectivity index (χ1v) is 8.16. The summed E-state index contributed by atoms with van der Waals surface area (Å²) >= 11 is 1.14. The SMILES string of the molecule is CC(=O)c1csc(NC(=O)[C@@H]2CC(=O)N(c3ccccc3F)C2)n1. The number of nitrogens with one attached hydrogen (secondary N) is 1. The molecule has 1 saturated heterocycles. The highest BCUT2D eigenvalue weighted by Crippen LogP contribution is 2.28. The van der Waals surface area contributed by atoms with Gasteiger partial charge in [0, 0.05) is 25.3 Å². The molecule has 0 radical (unpaired) electrons. The molecule has 0 unspecified atom stereocenters. The van der Waals surface area contributed by atoms with Crippen molar-refractivity contribution in [3.05, 3.63) is 41.2 Å². The van der Waals surface area contributed by atoms with Crippen molar-refractivity contribution in [3.63, 3.8) is 0 Å². The van der Waals surface area contributed by atoms with Crippen LogP contribution >= 0.6 is 11.3 Å². The summed E-state index contributed by atoms with van der Waals surface area (Å²) in [6.07, 6.45) is 0.00507. The number of carbonyl (C=O) groups is 3. The van der Waals surface area contributed by atoms with Crippen LogP contribution in [0.4, 0.5) is 15.2 Å². The summed E-state index contributed by atoms with van der Waals surface area (Å²) in [6.45, 7) is 1.50. The third-order valence-corrected chi connectivity index (χ3v) is 4.49. The van der Waals surface area contributed by atoms with Crippen LogP contribution in [0.15, 0.2) is 29.6 Å². The molecule has 1 aromatic carbocycles. The Labute approximate surface area is 141 Å². The Bertz CT molecular complexity index is 820. The molecule has 6 nitrogen and oxygen atoms in total. The predicted molar refractivity (Wildman–Crippen MR) is 87.6 cm³/mol. The molecule has 1 atom stereocenters. The molecule has 1 N–H and O–H groups in total. The standard InChI is InChI=1S/C16H14FN3O3S/c1-9(21)12-8-24-16(18-12)19-15(23)10-6-14(22)20(7-10)13-5-3-2-4-11(13)17/h2-5,8,10H,6-7H2,1H3,(H,18,19,23)/t10-/m1/s1. The molecule has 124 valence electrons. The molecule has 0 aliphatic carbocycles. The normalized spacial score (nSPS) is 17.2. The topological polar surface area (TPSA) is 79.4 Å². The maximum absolute atomic E-state index is 13.8. The molecular formula is C16H14FN3O3S. The summed E-state index contributed by atoms with van der Waals surface area (Å²) in [5.74, 6) is -1.95. The van der Waals surface area contributed by atoms with Gasteiger partial charge in [0.1, 0.15) is 11.5 Å². The molecule has 1 aliphatic heterocycles. The number of Topliss-reactive ketones (excluding diaryl/α,β-unsaturated/α-hetero) is 1. The zero-order valence-corrected chi connectivity index (χ0v) is 13.6. The van der Waals surface area contributed by atoms with Gasteiger partial charge in [-0.3, -0.25) is 14.4 Å². The van der Waals surface area contributed by atoms with E-state index in [2.05, 4.69) is 10.3 Å². The minimum Gasteiger partial charge on any atom is -0.309 e. The van der Waals surface area contributed by atoms with E-state index in [1.54, 1.807) is 17.5 Å². The van der Waals surface area contributed by atoms with E-state index in [9.17, 15) is 18.8 Å². The van der Waals surface area contributed by atoms with Crippen LogP contribution in [0.3, 0.4) is 0 Å². The van der Waals surface area contributed by atoms with Crippen molar-refractivity contribution in [2.24, 2.45) is 5.92 Å². The Kier molecular flexibility index (Phi) is 4.39. The first-order chi connectivity index (χ1) is 11.5. The van der Waals surface area contributed by atoms with Gasteiger partial charge >= 0.3 is 0 Å². The maximum Gasteiger partial charge on any atom is 0.231 e. The van der Waals surface area contributed by atoms with Crippen molar-refractivity contribution in [1.29, 1.82) is 0 Å². The summed E-state index contributed by atoms with van der Waals surface area (Å²) < 4.78 is 13.8. The monoisotopic (exact) mass is 347 g/mol. The number of carbonyl (C=O) groups excluding carboxylic acids is 3. The number of rotatable bonds is 4. The number of amides is 2.